The molecule has 8 nitrogen and oxygen atoms in total. The smallest absolute Gasteiger partial charge is 0.362 e. The quantitative estimate of drug-likeness (QED) is 0.233. The van der Waals surface area contributed by atoms with Gasteiger partial charge in [0.1, 0.15) is 0 Å². The number of carbonyl (C=O) groups excluding carboxylic acids is 1. The highest BCUT2D eigenvalue weighted by molar-refractivity contribution is 7.10. The number of amides is 1. The van der Waals surface area contributed by atoms with Gasteiger partial charge in [-0.3, -0.25) is 4.79 Å². The summed E-state index contributed by atoms with van der Waals surface area (Å²) in [7, 11) is 0. The molecule has 0 aliphatic heterocycles. The van der Waals surface area contributed by atoms with Crippen LogP contribution in [0.1, 0.15) is 5.82 Å². The minimum atomic E-state index is -1.36. The van der Waals surface area contributed by atoms with Crippen molar-refractivity contribution >= 4 is 34.8 Å². The molecule has 1 rings (SSSR count). The van der Waals surface area contributed by atoms with Crippen LogP contribution < -0.4 is 5.32 Å². The Bertz CT molecular complexity index is 490. The van der Waals surface area contributed by atoms with Gasteiger partial charge in [0.25, 0.3) is 0 Å². The molecular weight excluding hydrogens is 248 g/mol. The molecule has 0 bridgehead atoms. The number of carboxylic acid groups (broad SMARTS) is 1. The predicted molar refractivity (Wildman–Crippen MR) is 58.6 cm³/mol. The van der Waals surface area contributed by atoms with Gasteiger partial charge in [-0.15, -0.1) is 6.42 Å². The summed E-state index contributed by atoms with van der Waals surface area (Å²) >= 11 is 0.816. The van der Waals surface area contributed by atoms with Crippen molar-refractivity contribution in [3.8, 4) is 12.3 Å². The van der Waals surface area contributed by atoms with E-state index in [2.05, 4.69) is 30.6 Å². The maximum absolute atomic E-state index is 10.8. The zero-order valence-corrected chi connectivity index (χ0v) is 9.10. The number of hydrogen-bond donors (Lipinski definition) is 2. The molecule has 0 saturated carbocycles. The van der Waals surface area contributed by atoms with Gasteiger partial charge in [-0.25, -0.2) is 4.79 Å². The summed E-state index contributed by atoms with van der Waals surface area (Å²) in [4.78, 5) is 29.2. The first kappa shape index (κ1) is 12.6. The number of rotatable bonds is 6. The Morgan fingerprint density at radius 3 is 3.12 bits per heavy atom. The topological polar surface area (TPSA) is 114 Å². The van der Waals surface area contributed by atoms with Crippen LogP contribution in [-0.4, -0.2) is 39.2 Å². The molecular formula is C8H6N4O4S. The lowest BCUT2D eigenvalue weighted by atomic mass is 10.4. The Kier molecular flexibility index (Phi) is 4.58. The third-order valence-corrected chi connectivity index (χ3v) is 1.97. The number of anilines is 1. The Labute approximate surface area is 99.5 Å². The second kappa shape index (κ2) is 6.19. The van der Waals surface area contributed by atoms with Crippen molar-refractivity contribution in [3.05, 3.63) is 5.82 Å². The third-order valence-electron chi connectivity index (χ3n) is 1.33. The first-order chi connectivity index (χ1) is 8.19. The van der Waals surface area contributed by atoms with E-state index in [1.165, 1.54) is 0 Å². The van der Waals surface area contributed by atoms with Crippen LogP contribution in [0.25, 0.3) is 0 Å². The molecule has 0 saturated heterocycles. The highest BCUT2D eigenvalue weighted by atomic mass is 32.1. The molecule has 1 heterocycles. The van der Waals surface area contributed by atoms with Crippen LogP contribution in [0.4, 0.5) is 5.13 Å². The molecule has 2 N–H and O–H groups in total. The highest BCUT2D eigenvalue weighted by Crippen LogP contribution is 2.10. The van der Waals surface area contributed by atoms with Gasteiger partial charge in [-0.2, -0.15) is 9.36 Å². The van der Waals surface area contributed by atoms with Crippen molar-refractivity contribution in [2.75, 3.05) is 11.9 Å². The molecule has 0 unspecified atom stereocenters. The van der Waals surface area contributed by atoms with Crippen LogP contribution in [0, 0.1) is 12.3 Å². The molecule has 0 aliphatic carbocycles. The second-order valence-corrected chi connectivity index (χ2v) is 3.16. The SMILES string of the molecule is C#CCO/N=C(/C(=O)O)c1nsc(NC=O)n1. The number of aromatic nitrogens is 2. The maximum atomic E-state index is 10.8. The third kappa shape index (κ3) is 3.54. The number of nitrogens with zero attached hydrogens (tertiary/aromatic N) is 3. The van der Waals surface area contributed by atoms with E-state index in [9.17, 15) is 9.59 Å². The van der Waals surface area contributed by atoms with E-state index in [1.54, 1.807) is 0 Å². The fourth-order valence-electron chi connectivity index (χ4n) is 0.738. The fourth-order valence-corrected chi connectivity index (χ4v) is 1.27. The fraction of sp³-hybridized carbons (Fsp3) is 0.125. The Morgan fingerprint density at radius 2 is 2.53 bits per heavy atom. The Hall–Kier alpha value is -2.47. The Balaban J connectivity index is 2.90. The van der Waals surface area contributed by atoms with Gasteiger partial charge in [-0.1, -0.05) is 11.1 Å². The summed E-state index contributed by atoms with van der Waals surface area (Å²) in [5.41, 5.74) is -0.490. The lowest BCUT2D eigenvalue weighted by Gasteiger charge is -1.95. The van der Waals surface area contributed by atoms with Crippen LogP contribution in [0.3, 0.4) is 0 Å². The van der Waals surface area contributed by atoms with Crippen LogP contribution in [0.15, 0.2) is 5.16 Å². The van der Waals surface area contributed by atoms with E-state index in [0.29, 0.717) is 6.41 Å². The molecule has 88 valence electrons. The van der Waals surface area contributed by atoms with E-state index in [4.69, 9.17) is 11.5 Å². The van der Waals surface area contributed by atoms with E-state index in [0.717, 1.165) is 11.5 Å². The Morgan fingerprint density at radius 1 is 1.76 bits per heavy atom. The average molecular weight is 254 g/mol. The number of oxime groups is 1. The van der Waals surface area contributed by atoms with E-state index in [1.807, 2.05) is 0 Å². The minimum Gasteiger partial charge on any atom is -0.476 e. The number of terminal acetylenes is 1. The van der Waals surface area contributed by atoms with Gasteiger partial charge in [0.05, 0.1) is 0 Å². The van der Waals surface area contributed by atoms with Gasteiger partial charge >= 0.3 is 5.97 Å². The summed E-state index contributed by atoms with van der Waals surface area (Å²) in [6, 6.07) is 0. The number of nitrogens with one attached hydrogen (secondary N) is 1. The molecule has 0 aromatic carbocycles. The number of carbonyl (C=O) groups is 2. The molecule has 0 fully saturated rings. The monoisotopic (exact) mass is 254 g/mol. The van der Waals surface area contributed by atoms with Crippen LogP contribution in [0.5, 0.6) is 0 Å². The van der Waals surface area contributed by atoms with Crippen molar-refractivity contribution in [2.24, 2.45) is 5.16 Å². The van der Waals surface area contributed by atoms with Crippen molar-refractivity contribution < 1.29 is 19.5 Å². The zero-order valence-electron chi connectivity index (χ0n) is 8.28. The van der Waals surface area contributed by atoms with Crippen molar-refractivity contribution in [2.45, 2.75) is 0 Å². The average Bonchev–Trinajstić information content (AvgIpc) is 2.73. The maximum Gasteiger partial charge on any atom is 0.362 e. The van der Waals surface area contributed by atoms with Crippen LogP contribution in [-0.2, 0) is 14.4 Å². The highest BCUT2D eigenvalue weighted by Gasteiger charge is 2.19. The van der Waals surface area contributed by atoms with Gasteiger partial charge in [0.2, 0.25) is 23.1 Å². The van der Waals surface area contributed by atoms with E-state index < -0.39 is 11.7 Å². The number of hydrogen-bond acceptors (Lipinski definition) is 7. The molecule has 1 amide bonds. The van der Waals surface area contributed by atoms with Crippen molar-refractivity contribution in [1.29, 1.82) is 0 Å². The summed E-state index contributed by atoms with van der Waals surface area (Å²) < 4.78 is 3.70. The van der Waals surface area contributed by atoms with Crippen molar-refractivity contribution in [1.82, 2.24) is 9.36 Å². The largest absolute Gasteiger partial charge is 0.476 e. The standard InChI is InChI=1S/C8H6N4O4S/c1-2-3-16-11-5(7(14)15)6-10-8(9-4-13)17-12-6/h1,4H,3H2,(H,14,15)(H,9,10,12,13)/b11-5+. The molecule has 0 spiro atoms. The van der Waals surface area contributed by atoms with Gasteiger partial charge < -0.3 is 15.3 Å². The first-order valence-electron chi connectivity index (χ1n) is 4.10. The molecule has 0 atom stereocenters. The van der Waals surface area contributed by atoms with Gasteiger partial charge in [-0.05, 0) is 0 Å². The lowest BCUT2D eigenvalue weighted by molar-refractivity contribution is -0.129. The number of aliphatic carboxylic acids is 1. The molecule has 9 heteroatoms. The predicted octanol–water partition coefficient (Wildman–Crippen LogP) is -0.455. The molecule has 17 heavy (non-hydrogen) atoms. The molecule has 1 aromatic rings. The van der Waals surface area contributed by atoms with Gasteiger partial charge in [0.15, 0.2) is 6.61 Å². The first-order valence-corrected chi connectivity index (χ1v) is 4.87. The lowest BCUT2D eigenvalue weighted by Crippen LogP contribution is -2.17. The van der Waals surface area contributed by atoms with Crippen LogP contribution in [0.2, 0.25) is 0 Å². The van der Waals surface area contributed by atoms with E-state index >= 15 is 0 Å². The van der Waals surface area contributed by atoms with Crippen molar-refractivity contribution in [3.63, 3.8) is 0 Å². The number of carboxylic acids is 1. The zero-order chi connectivity index (χ0) is 12.7. The summed E-state index contributed by atoms with van der Waals surface area (Å²) in [6.07, 6.45) is 5.30. The second-order valence-electron chi connectivity index (χ2n) is 2.41. The normalized spacial score (nSPS) is 10.4. The summed E-state index contributed by atoms with van der Waals surface area (Å²) in [6.45, 7) is -0.166. The van der Waals surface area contributed by atoms with Crippen LogP contribution >= 0.6 is 11.5 Å². The molecule has 0 radical (unpaired) electrons. The van der Waals surface area contributed by atoms with Gasteiger partial charge in [0, 0.05) is 11.5 Å². The van der Waals surface area contributed by atoms with E-state index in [-0.39, 0.29) is 17.6 Å². The summed E-state index contributed by atoms with van der Waals surface area (Å²) in [5.74, 6) is 0.593. The summed E-state index contributed by atoms with van der Waals surface area (Å²) in [5, 5.41) is 14.5. The minimum absolute atomic E-state index is 0.154. The molecule has 1 aromatic heterocycles. The molecule has 0 aliphatic rings.